The van der Waals surface area contributed by atoms with Gasteiger partial charge in [0.1, 0.15) is 17.3 Å². The predicted molar refractivity (Wildman–Crippen MR) is 129 cm³/mol. The maximum atomic E-state index is 13.7. The Kier molecular flexibility index (Phi) is 6.34. The Hall–Kier alpha value is -4.51. The first kappa shape index (κ1) is 23.6. The number of rotatable bonds is 7. The molecule has 0 atom stereocenters. The van der Waals surface area contributed by atoms with E-state index in [2.05, 4.69) is 27.1 Å². The maximum absolute atomic E-state index is 13.7. The number of nitrogens with two attached hydrogens (primary N) is 1. The van der Waals surface area contributed by atoms with E-state index in [1.54, 1.807) is 45.1 Å². The quantitative estimate of drug-likeness (QED) is 0.272. The van der Waals surface area contributed by atoms with Crippen LogP contribution in [0.15, 0.2) is 69.9 Å². The Morgan fingerprint density at radius 1 is 1.29 bits per heavy atom. The van der Waals surface area contributed by atoms with Gasteiger partial charge in [-0.15, -0.1) is 5.10 Å². The largest absolute Gasteiger partial charge is 0.448 e. The van der Waals surface area contributed by atoms with Crippen molar-refractivity contribution in [3.05, 3.63) is 94.0 Å². The zero-order chi connectivity index (χ0) is 25.3. The Balaban J connectivity index is 2.09. The number of aromatic nitrogens is 5. The fourth-order valence-corrected chi connectivity index (χ4v) is 3.63. The van der Waals surface area contributed by atoms with Crippen LogP contribution in [0.1, 0.15) is 30.9 Å². The third-order valence-electron chi connectivity index (χ3n) is 5.26. The number of nitrogens with one attached hydrogen (secondary N) is 1. The number of benzene rings is 1. The summed E-state index contributed by atoms with van der Waals surface area (Å²) in [6.07, 6.45) is 4.70. The lowest BCUT2D eigenvalue weighted by atomic mass is 9.97. The van der Waals surface area contributed by atoms with E-state index in [0.29, 0.717) is 45.1 Å². The molecule has 4 N–H and O–H groups in total. The van der Waals surface area contributed by atoms with Crippen molar-refractivity contribution < 1.29 is 14.0 Å². The molecule has 0 aliphatic carbocycles. The zero-order valence-corrected chi connectivity index (χ0v) is 19.4. The number of nitrogens with zero attached hydrogens (tertiary/aromatic N) is 5. The third kappa shape index (κ3) is 4.62. The summed E-state index contributed by atoms with van der Waals surface area (Å²) in [5.41, 5.74) is 11.6. The summed E-state index contributed by atoms with van der Waals surface area (Å²) in [4.78, 5) is 21.9. The number of hydroxylamine groups is 1. The summed E-state index contributed by atoms with van der Waals surface area (Å²) in [5, 5.41) is 14.0. The second-order valence-electron chi connectivity index (χ2n) is 8.04. The van der Waals surface area contributed by atoms with Gasteiger partial charge in [-0.3, -0.25) is 10.7 Å². The highest BCUT2D eigenvalue weighted by atomic mass is 19.1. The van der Waals surface area contributed by atoms with Crippen molar-refractivity contribution >= 4 is 17.2 Å². The SMILES string of the molecule is C=C(C)/C=C(\C=C(\C)NO)c1c(-c2ccc(F)cc2)nc(N)n2c(=O)n(Cc3ncoc3C)nc12. The van der Waals surface area contributed by atoms with Crippen molar-refractivity contribution in [1.82, 2.24) is 29.6 Å². The summed E-state index contributed by atoms with van der Waals surface area (Å²) in [6, 6.07) is 5.73. The van der Waals surface area contributed by atoms with E-state index in [0.717, 1.165) is 0 Å². The van der Waals surface area contributed by atoms with E-state index in [-0.39, 0.29) is 18.1 Å². The van der Waals surface area contributed by atoms with Gasteiger partial charge in [-0.1, -0.05) is 18.2 Å². The van der Waals surface area contributed by atoms with E-state index in [4.69, 9.17) is 10.2 Å². The van der Waals surface area contributed by atoms with Crippen molar-refractivity contribution in [1.29, 1.82) is 0 Å². The van der Waals surface area contributed by atoms with Crippen LogP contribution in [0.4, 0.5) is 10.3 Å². The molecular weight excluding hydrogens is 453 g/mol. The molecule has 0 saturated carbocycles. The van der Waals surface area contributed by atoms with Crippen molar-refractivity contribution in [2.75, 3.05) is 5.73 Å². The van der Waals surface area contributed by atoms with Crippen LogP contribution in [0, 0.1) is 12.7 Å². The lowest BCUT2D eigenvalue weighted by Crippen LogP contribution is -2.24. The number of allylic oxidation sites excluding steroid dienone is 5. The van der Waals surface area contributed by atoms with Crippen LogP contribution in [0.3, 0.4) is 0 Å². The second kappa shape index (κ2) is 9.39. The number of fused-ring (bicyclic) bond motifs is 1. The molecule has 3 aromatic heterocycles. The van der Waals surface area contributed by atoms with E-state index >= 15 is 0 Å². The Morgan fingerprint density at radius 3 is 2.60 bits per heavy atom. The number of hydrogen-bond acceptors (Lipinski definition) is 8. The van der Waals surface area contributed by atoms with Crippen LogP contribution in [0.5, 0.6) is 0 Å². The smallest absolute Gasteiger partial charge is 0.353 e. The number of hydrogen-bond donors (Lipinski definition) is 3. The highest BCUT2D eigenvalue weighted by Crippen LogP contribution is 2.33. The van der Waals surface area contributed by atoms with Crippen LogP contribution in [0.25, 0.3) is 22.5 Å². The van der Waals surface area contributed by atoms with Crippen LogP contribution in [-0.2, 0) is 6.54 Å². The van der Waals surface area contributed by atoms with Gasteiger partial charge in [0.05, 0.1) is 17.8 Å². The van der Waals surface area contributed by atoms with Crippen LogP contribution in [0.2, 0.25) is 0 Å². The molecule has 10 nitrogen and oxygen atoms in total. The highest BCUT2D eigenvalue weighted by Gasteiger charge is 2.23. The summed E-state index contributed by atoms with van der Waals surface area (Å²) in [7, 11) is 0. The maximum Gasteiger partial charge on any atom is 0.353 e. The Labute approximate surface area is 199 Å². The van der Waals surface area contributed by atoms with E-state index in [9.17, 15) is 14.4 Å². The number of oxazole rings is 1. The van der Waals surface area contributed by atoms with Gasteiger partial charge in [0.15, 0.2) is 12.0 Å². The van der Waals surface area contributed by atoms with E-state index < -0.39 is 11.5 Å². The second-order valence-corrected chi connectivity index (χ2v) is 8.04. The molecule has 0 spiro atoms. The number of aryl methyl sites for hydroxylation is 1. The fraction of sp³-hybridized carbons (Fsp3) is 0.167. The molecule has 3 heterocycles. The van der Waals surface area contributed by atoms with Crippen molar-refractivity contribution in [3.8, 4) is 11.3 Å². The monoisotopic (exact) mass is 477 g/mol. The summed E-state index contributed by atoms with van der Waals surface area (Å²) < 4.78 is 21.3. The van der Waals surface area contributed by atoms with Crippen LogP contribution < -0.4 is 16.9 Å². The van der Waals surface area contributed by atoms with Gasteiger partial charge < -0.3 is 10.2 Å². The average molecular weight is 478 g/mol. The highest BCUT2D eigenvalue weighted by molar-refractivity contribution is 5.92. The first-order chi connectivity index (χ1) is 16.7. The molecule has 11 heteroatoms. The van der Waals surface area contributed by atoms with E-state index in [1.165, 1.54) is 27.6 Å². The molecule has 0 unspecified atom stereocenters. The van der Waals surface area contributed by atoms with Crippen molar-refractivity contribution in [3.63, 3.8) is 0 Å². The zero-order valence-electron chi connectivity index (χ0n) is 19.4. The van der Waals surface area contributed by atoms with Gasteiger partial charge >= 0.3 is 5.69 Å². The lowest BCUT2D eigenvalue weighted by molar-refractivity contribution is 0.201. The molecule has 4 aromatic rings. The standard InChI is InChI=1S/C24H24FN7O3/c1-13(2)9-17(10-14(3)30-34)20-21(16-5-7-18(25)8-6-16)28-23(26)32-22(20)29-31(24(32)33)11-19-15(4)35-12-27-19/h5-10,12,30,34H,1,11H2,2-4H3,(H2,26,28)/b14-10-,17-9+. The summed E-state index contributed by atoms with van der Waals surface area (Å²) in [6.45, 7) is 9.20. The van der Waals surface area contributed by atoms with Gasteiger partial charge in [0.25, 0.3) is 0 Å². The molecule has 180 valence electrons. The van der Waals surface area contributed by atoms with Gasteiger partial charge in [-0.05, 0) is 56.7 Å². The minimum Gasteiger partial charge on any atom is -0.448 e. The van der Waals surface area contributed by atoms with Crippen LogP contribution >= 0.6 is 0 Å². The molecule has 0 amide bonds. The van der Waals surface area contributed by atoms with Crippen molar-refractivity contribution in [2.24, 2.45) is 0 Å². The predicted octanol–water partition coefficient (Wildman–Crippen LogP) is 3.47. The first-order valence-corrected chi connectivity index (χ1v) is 10.6. The number of nitrogen functional groups attached to an aromatic ring is 1. The molecular formula is C24H24FN7O3. The molecule has 0 fully saturated rings. The van der Waals surface area contributed by atoms with Crippen molar-refractivity contribution in [2.45, 2.75) is 27.3 Å². The summed E-state index contributed by atoms with van der Waals surface area (Å²) in [5.74, 6) is 0.0559. The minimum atomic E-state index is -0.519. The molecule has 0 aliphatic rings. The molecule has 0 saturated heterocycles. The van der Waals surface area contributed by atoms with Gasteiger partial charge in [0.2, 0.25) is 5.95 Å². The molecule has 4 rings (SSSR count). The lowest BCUT2D eigenvalue weighted by Gasteiger charge is -2.14. The molecule has 0 radical (unpaired) electrons. The van der Waals surface area contributed by atoms with E-state index in [1.807, 2.05) is 0 Å². The minimum absolute atomic E-state index is 0.0558. The summed E-state index contributed by atoms with van der Waals surface area (Å²) >= 11 is 0. The molecule has 35 heavy (non-hydrogen) atoms. The van der Waals surface area contributed by atoms with Gasteiger partial charge in [0, 0.05) is 11.3 Å². The number of anilines is 1. The van der Waals surface area contributed by atoms with Crippen LogP contribution in [-0.4, -0.2) is 29.4 Å². The third-order valence-corrected chi connectivity index (χ3v) is 5.26. The topological polar surface area (TPSA) is 136 Å². The Morgan fingerprint density at radius 2 is 2.00 bits per heavy atom. The molecule has 1 aromatic carbocycles. The fourth-order valence-electron chi connectivity index (χ4n) is 3.63. The first-order valence-electron chi connectivity index (χ1n) is 10.6. The number of halogens is 1. The normalized spacial score (nSPS) is 12.4. The van der Waals surface area contributed by atoms with Gasteiger partial charge in [-0.25, -0.2) is 28.2 Å². The molecule has 0 bridgehead atoms. The molecule has 0 aliphatic heterocycles. The Bertz CT molecular complexity index is 1540. The van der Waals surface area contributed by atoms with Gasteiger partial charge in [-0.2, -0.15) is 0 Å². The average Bonchev–Trinajstić information content (AvgIpc) is 3.36.